The number of carbonyl (C=O) groups is 1. The molecule has 5 heteroatoms. The van der Waals surface area contributed by atoms with Crippen LogP contribution in [0.25, 0.3) is 0 Å². The van der Waals surface area contributed by atoms with Crippen LogP contribution >= 0.6 is 11.3 Å². The molecule has 1 amide bonds. The third-order valence-corrected chi connectivity index (χ3v) is 4.20. The highest BCUT2D eigenvalue weighted by atomic mass is 32.1. The Balaban J connectivity index is 2.10. The van der Waals surface area contributed by atoms with Crippen molar-refractivity contribution in [1.29, 1.82) is 0 Å². The van der Waals surface area contributed by atoms with Gasteiger partial charge in [-0.2, -0.15) is 0 Å². The number of hydrogen-bond donors (Lipinski definition) is 1. The molecule has 1 aromatic heterocycles. The lowest BCUT2D eigenvalue weighted by molar-refractivity contribution is -0.122. The zero-order chi connectivity index (χ0) is 16.1. The summed E-state index contributed by atoms with van der Waals surface area (Å²) < 4.78 is 5.96. The molecule has 2 rings (SSSR count). The summed E-state index contributed by atoms with van der Waals surface area (Å²) in [5.74, 6) is 0.962. The average molecular weight is 318 g/mol. The van der Waals surface area contributed by atoms with Crippen molar-refractivity contribution in [3.63, 3.8) is 0 Å². The monoisotopic (exact) mass is 318 g/mol. The lowest BCUT2D eigenvalue weighted by Gasteiger charge is -2.20. The minimum atomic E-state index is -0.524. The third kappa shape index (κ3) is 4.07. The summed E-state index contributed by atoms with van der Waals surface area (Å²) in [6, 6.07) is 7.87. The molecule has 1 atom stereocenters. The Morgan fingerprint density at radius 3 is 2.68 bits per heavy atom. The molecule has 22 heavy (non-hydrogen) atoms. The number of ether oxygens (including phenoxy) is 1. The maximum absolute atomic E-state index is 12.4. The van der Waals surface area contributed by atoms with Crippen molar-refractivity contribution in [2.75, 3.05) is 5.32 Å². The molecular formula is C17H22N2O2S. The van der Waals surface area contributed by atoms with Crippen molar-refractivity contribution < 1.29 is 9.53 Å². The maximum atomic E-state index is 12.4. The minimum absolute atomic E-state index is 0.157. The van der Waals surface area contributed by atoms with Crippen molar-refractivity contribution >= 4 is 22.4 Å². The normalized spacial score (nSPS) is 12.2. The number of thiazole rings is 1. The molecular weight excluding hydrogens is 296 g/mol. The fraction of sp³-hybridized carbons (Fsp3) is 0.412. The molecule has 2 aromatic rings. The van der Waals surface area contributed by atoms with Crippen LogP contribution in [-0.2, 0) is 4.79 Å². The zero-order valence-electron chi connectivity index (χ0n) is 13.4. The number of para-hydroxylation sites is 1. The number of carbonyl (C=O) groups excluding carboxylic acids is 1. The summed E-state index contributed by atoms with van der Waals surface area (Å²) >= 11 is 1.42. The molecule has 1 N–H and O–H groups in total. The first-order chi connectivity index (χ1) is 10.5. The van der Waals surface area contributed by atoms with Gasteiger partial charge in [0.25, 0.3) is 5.91 Å². The first kappa shape index (κ1) is 16.5. The predicted octanol–water partition coefficient (Wildman–Crippen LogP) is 4.37. The third-order valence-electron chi connectivity index (χ3n) is 3.32. The van der Waals surface area contributed by atoms with Crippen molar-refractivity contribution in [2.24, 2.45) is 0 Å². The lowest BCUT2D eigenvalue weighted by atomic mass is 10.0. The molecule has 118 valence electrons. The number of aromatic nitrogens is 1. The Hall–Kier alpha value is -1.88. The number of rotatable bonds is 6. The molecule has 0 fully saturated rings. The highest BCUT2D eigenvalue weighted by molar-refractivity contribution is 7.13. The summed E-state index contributed by atoms with van der Waals surface area (Å²) in [6.07, 6.45) is 0.0758. The van der Waals surface area contributed by atoms with Crippen LogP contribution < -0.4 is 10.1 Å². The van der Waals surface area contributed by atoms with Crippen LogP contribution in [0.2, 0.25) is 0 Å². The molecule has 4 nitrogen and oxygen atoms in total. The van der Waals surface area contributed by atoms with E-state index >= 15 is 0 Å². The van der Waals surface area contributed by atoms with Crippen molar-refractivity contribution in [3.8, 4) is 5.75 Å². The van der Waals surface area contributed by atoms with E-state index in [-0.39, 0.29) is 5.91 Å². The van der Waals surface area contributed by atoms with Crippen LogP contribution in [0.1, 0.15) is 44.4 Å². The Morgan fingerprint density at radius 2 is 2.09 bits per heavy atom. The van der Waals surface area contributed by atoms with Gasteiger partial charge in [0.05, 0.1) is 5.69 Å². The van der Waals surface area contributed by atoms with Gasteiger partial charge in [0, 0.05) is 5.38 Å². The number of anilines is 1. The van der Waals surface area contributed by atoms with Crippen LogP contribution in [-0.4, -0.2) is 17.0 Å². The van der Waals surface area contributed by atoms with Gasteiger partial charge >= 0.3 is 0 Å². The van der Waals surface area contributed by atoms with Gasteiger partial charge in [0.1, 0.15) is 5.75 Å². The second-order valence-corrected chi connectivity index (χ2v) is 6.35. The van der Waals surface area contributed by atoms with E-state index in [9.17, 15) is 4.79 Å². The molecule has 0 bridgehead atoms. The minimum Gasteiger partial charge on any atom is -0.480 e. The smallest absolute Gasteiger partial charge is 0.267 e. The number of aryl methyl sites for hydroxylation is 1. The molecule has 1 aromatic carbocycles. The van der Waals surface area contributed by atoms with Gasteiger partial charge in [-0.15, -0.1) is 11.3 Å². The van der Waals surface area contributed by atoms with E-state index in [0.29, 0.717) is 17.5 Å². The molecule has 0 saturated carbocycles. The van der Waals surface area contributed by atoms with Crippen molar-refractivity contribution in [2.45, 2.75) is 46.1 Å². The van der Waals surface area contributed by atoms with Gasteiger partial charge in [-0.1, -0.05) is 39.0 Å². The summed E-state index contributed by atoms with van der Waals surface area (Å²) in [5.41, 5.74) is 2.01. The highest BCUT2D eigenvalue weighted by Gasteiger charge is 2.21. The largest absolute Gasteiger partial charge is 0.480 e. The predicted molar refractivity (Wildman–Crippen MR) is 90.7 cm³/mol. The zero-order valence-corrected chi connectivity index (χ0v) is 14.2. The molecule has 0 radical (unpaired) electrons. The summed E-state index contributed by atoms with van der Waals surface area (Å²) in [4.78, 5) is 16.6. The SMILES string of the molecule is CC[C@H](Oc1ccccc1C(C)C)C(=O)Nc1nc(C)cs1. The maximum Gasteiger partial charge on any atom is 0.267 e. The average Bonchev–Trinajstić information content (AvgIpc) is 2.90. The number of nitrogens with zero attached hydrogens (tertiary/aromatic N) is 1. The van der Waals surface area contributed by atoms with Gasteiger partial charge in [-0.25, -0.2) is 4.98 Å². The van der Waals surface area contributed by atoms with E-state index in [2.05, 4.69) is 24.1 Å². The lowest BCUT2D eigenvalue weighted by Crippen LogP contribution is -2.32. The van der Waals surface area contributed by atoms with Crippen LogP contribution in [0.5, 0.6) is 5.75 Å². The fourth-order valence-electron chi connectivity index (χ4n) is 2.14. The van der Waals surface area contributed by atoms with Crippen LogP contribution in [0, 0.1) is 6.92 Å². The van der Waals surface area contributed by atoms with E-state index in [1.807, 2.05) is 43.5 Å². The van der Waals surface area contributed by atoms with E-state index in [1.54, 1.807) is 0 Å². The fourth-order valence-corrected chi connectivity index (χ4v) is 2.83. The van der Waals surface area contributed by atoms with Gasteiger partial charge in [0.2, 0.25) is 0 Å². The second kappa shape index (κ2) is 7.40. The van der Waals surface area contributed by atoms with Gasteiger partial charge in [0.15, 0.2) is 11.2 Å². The van der Waals surface area contributed by atoms with E-state index < -0.39 is 6.10 Å². The number of nitrogens with one attached hydrogen (secondary N) is 1. The molecule has 0 saturated heterocycles. The molecule has 0 aliphatic carbocycles. The first-order valence-corrected chi connectivity index (χ1v) is 8.37. The Bertz CT molecular complexity index is 637. The Labute approximate surface area is 135 Å². The van der Waals surface area contributed by atoms with Crippen molar-refractivity contribution in [1.82, 2.24) is 4.98 Å². The highest BCUT2D eigenvalue weighted by Crippen LogP contribution is 2.27. The van der Waals surface area contributed by atoms with Crippen molar-refractivity contribution in [3.05, 3.63) is 40.9 Å². The van der Waals surface area contributed by atoms with Crippen LogP contribution in [0.3, 0.4) is 0 Å². The van der Waals surface area contributed by atoms with Gasteiger partial charge in [-0.05, 0) is 30.9 Å². The Kier molecular flexibility index (Phi) is 5.55. The van der Waals surface area contributed by atoms with Crippen LogP contribution in [0.4, 0.5) is 5.13 Å². The molecule has 0 aliphatic rings. The Morgan fingerprint density at radius 1 is 1.36 bits per heavy atom. The van der Waals surface area contributed by atoms with Gasteiger partial charge < -0.3 is 4.74 Å². The summed E-state index contributed by atoms with van der Waals surface area (Å²) in [5, 5.41) is 5.35. The molecule has 0 unspecified atom stereocenters. The number of benzene rings is 1. The van der Waals surface area contributed by atoms with E-state index in [0.717, 1.165) is 17.0 Å². The standard InChI is InChI=1S/C17H22N2O2S/c1-5-14(16(20)19-17-18-12(4)10-22-17)21-15-9-7-6-8-13(15)11(2)3/h6-11,14H,5H2,1-4H3,(H,18,19,20)/t14-/m0/s1. The first-order valence-electron chi connectivity index (χ1n) is 7.49. The van der Waals surface area contributed by atoms with E-state index in [4.69, 9.17) is 4.74 Å². The van der Waals surface area contributed by atoms with Crippen LogP contribution in [0.15, 0.2) is 29.6 Å². The number of hydrogen-bond acceptors (Lipinski definition) is 4. The van der Waals surface area contributed by atoms with Gasteiger partial charge in [-0.3, -0.25) is 10.1 Å². The summed E-state index contributed by atoms with van der Waals surface area (Å²) in [7, 11) is 0. The second-order valence-electron chi connectivity index (χ2n) is 5.49. The quantitative estimate of drug-likeness (QED) is 0.860. The summed E-state index contributed by atoms with van der Waals surface area (Å²) in [6.45, 7) is 8.07. The molecule has 0 aliphatic heterocycles. The van der Waals surface area contributed by atoms with E-state index in [1.165, 1.54) is 11.3 Å². The molecule has 0 spiro atoms. The topological polar surface area (TPSA) is 51.2 Å². The molecule has 1 heterocycles. The number of amides is 1.